The zero-order valence-electron chi connectivity index (χ0n) is 9.55. The first-order chi connectivity index (χ1) is 8.16. The van der Waals surface area contributed by atoms with Crippen molar-refractivity contribution in [3.8, 4) is 11.5 Å². The number of benzene rings is 1. The lowest BCUT2D eigenvalue weighted by Crippen LogP contribution is -2.45. The lowest BCUT2D eigenvalue weighted by atomic mass is 10.2. The molecule has 5 heteroatoms. The van der Waals surface area contributed by atoms with Crippen molar-refractivity contribution < 1.29 is 19.4 Å². The van der Waals surface area contributed by atoms with Crippen LogP contribution < -0.4 is 14.8 Å². The van der Waals surface area contributed by atoms with Crippen molar-refractivity contribution in [2.24, 2.45) is 0 Å². The Morgan fingerprint density at radius 3 is 2.94 bits per heavy atom. The summed E-state index contributed by atoms with van der Waals surface area (Å²) in [4.78, 5) is 11.7. The molecule has 0 radical (unpaired) electrons. The fourth-order valence-corrected chi connectivity index (χ4v) is 1.51. The maximum absolute atomic E-state index is 11.7. The second-order valence-corrected chi connectivity index (χ2v) is 3.96. The Balaban J connectivity index is 1.95. The summed E-state index contributed by atoms with van der Waals surface area (Å²) < 4.78 is 10.9. The van der Waals surface area contributed by atoms with Crippen LogP contribution in [0.4, 0.5) is 0 Å². The molecule has 0 saturated heterocycles. The van der Waals surface area contributed by atoms with Gasteiger partial charge in [0.05, 0.1) is 6.10 Å². The van der Waals surface area contributed by atoms with Crippen LogP contribution in [0.25, 0.3) is 0 Å². The van der Waals surface area contributed by atoms with Gasteiger partial charge in [-0.2, -0.15) is 0 Å². The fraction of sp³-hybridized carbons (Fsp3) is 0.417. The van der Waals surface area contributed by atoms with Crippen LogP contribution >= 0.6 is 0 Å². The Bertz CT molecular complexity index is 405. The molecule has 92 valence electrons. The molecule has 1 amide bonds. The van der Waals surface area contributed by atoms with Gasteiger partial charge in [-0.3, -0.25) is 4.79 Å². The molecule has 1 aliphatic heterocycles. The number of hydrogen-bond donors (Lipinski definition) is 2. The average molecular weight is 237 g/mol. The van der Waals surface area contributed by atoms with Gasteiger partial charge in [0.25, 0.3) is 5.91 Å². The van der Waals surface area contributed by atoms with E-state index in [1.807, 2.05) is 12.1 Å². The lowest BCUT2D eigenvalue weighted by molar-refractivity contribution is -0.130. The van der Waals surface area contributed by atoms with Crippen molar-refractivity contribution in [3.63, 3.8) is 0 Å². The number of carbonyl (C=O) groups excluding carboxylic acids is 1. The van der Waals surface area contributed by atoms with Crippen LogP contribution in [0.5, 0.6) is 11.5 Å². The number of para-hydroxylation sites is 2. The summed E-state index contributed by atoms with van der Waals surface area (Å²) in [6.07, 6.45) is -1.24. The minimum absolute atomic E-state index is 0.183. The highest BCUT2D eigenvalue weighted by atomic mass is 16.6. The van der Waals surface area contributed by atoms with Crippen molar-refractivity contribution in [1.29, 1.82) is 0 Å². The van der Waals surface area contributed by atoms with E-state index in [4.69, 9.17) is 14.6 Å². The molecule has 0 saturated carbocycles. The van der Waals surface area contributed by atoms with E-state index in [0.29, 0.717) is 11.5 Å². The Morgan fingerprint density at radius 2 is 2.24 bits per heavy atom. The van der Waals surface area contributed by atoms with E-state index >= 15 is 0 Å². The van der Waals surface area contributed by atoms with Gasteiger partial charge in [-0.05, 0) is 19.1 Å². The van der Waals surface area contributed by atoms with Gasteiger partial charge < -0.3 is 19.9 Å². The molecular weight excluding hydrogens is 222 g/mol. The summed E-state index contributed by atoms with van der Waals surface area (Å²) in [5, 5.41) is 11.7. The van der Waals surface area contributed by atoms with Gasteiger partial charge in [0.1, 0.15) is 6.61 Å². The van der Waals surface area contributed by atoms with Crippen LogP contribution in [0, 0.1) is 0 Å². The number of aliphatic hydroxyl groups excluding tert-OH is 1. The summed E-state index contributed by atoms with van der Waals surface area (Å²) >= 11 is 0. The smallest absolute Gasteiger partial charge is 0.264 e. The Morgan fingerprint density at radius 1 is 1.53 bits per heavy atom. The molecule has 0 fully saturated rings. The van der Waals surface area contributed by atoms with Crippen molar-refractivity contribution in [3.05, 3.63) is 24.3 Å². The second-order valence-electron chi connectivity index (χ2n) is 3.96. The van der Waals surface area contributed by atoms with Crippen LogP contribution in [0.3, 0.4) is 0 Å². The van der Waals surface area contributed by atoms with Crippen molar-refractivity contribution in [2.45, 2.75) is 19.1 Å². The first-order valence-electron chi connectivity index (χ1n) is 5.51. The quantitative estimate of drug-likeness (QED) is 0.794. The van der Waals surface area contributed by atoms with E-state index in [-0.39, 0.29) is 19.1 Å². The maximum Gasteiger partial charge on any atom is 0.264 e. The number of amides is 1. The van der Waals surface area contributed by atoms with Crippen molar-refractivity contribution in [1.82, 2.24) is 5.32 Å². The molecule has 5 nitrogen and oxygen atoms in total. The summed E-state index contributed by atoms with van der Waals surface area (Å²) in [6.45, 7) is 2.00. The molecule has 0 spiro atoms. The highest BCUT2D eigenvalue weighted by Crippen LogP contribution is 2.30. The van der Waals surface area contributed by atoms with Crippen LogP contribution in [0.2, 0.25) is 0 Å². The zero-order chi connectivity index (χ0) is 12.3. The van der Waals surface area contributed by atoms with Gasteiger partial charge in [-0.1, -0.05) is 12.1 Å². The van der Waals surface area contributed by atoms with Crippen molar-refractivity contribution >= 4 is 5.91 Å². The topological polar surface area (TPSA) is 67.8 Å². The molecule has 1 aliphatic rings. The molecule has 2 atom stereocenters. The molecule has 17 heavy (non-hydrogen) atoms. The number of carbonyl (C=O) groups is 1. The number of aliphatic hydroxyl groups is 1. The third-order valence-electron chi connectivity index (χ3n) is 2.37. The summed E-state index contributed by atoms with van der Waals surface area (Å²) in [5.41, 5.74) is 0. The van der Waals surface area contributed by atoms with Crippen LogP contribution in [-0.2, 0) is 4.79 Å². The highest BCUT2D eigenvalue weighted by molar-refractivity contribution is 5.81. The van der Waals surface area contributed by atoms with E-state index in [9.17, 15) is 4.79 Å². The van der Waals surface area contributed by atoms with Crippen LogP contribution in [0.15, 0.2) is 24.3 Å². The lowest BCUT2D eigenvalue weighted by Gasteiger charge is -2.25. The van der Waals surface area contributed by atoms with E-state index in [1.165, 1.54) is 0 Å². The molecule has 0 aromatic heterocycles. The summed E-state index contributed by atoms with van der Waals surface area (Å²) in [6, 6.07) is 7.21. The molecule has 2 rings (SSSR count). The predicted molar refractivity (Wildman–Crippen MR) is 61.0 cm³/mol. The second kappa shape index (κ2) is 5.05. The molecule has 0 aliphatic carbocycles. The van der Waals surface area contributed by atoms with E-state index < -0.39 is 12.2 Å². The number of fused-ring (bicyclic) bond motifs is 1. The molecule has 1 heterocycles. The van der Waals surface area contributed by atoms with Gasteiger partial charge >= 0.3 is 0 Å². The monoisotopic (exact) mass is 237 g/mol. The van der Waals surface area contributed by atoms with Gasteiger partial charge in [0.15, 0.2) is 11.5 Å². The van der Waals surface area contributed by atoms with Crippen LogP contribution in [-0.4, -0.2) is 36.4 Å². The third-order valence-corrected chi connectivity index (χ3v) is 2.37. The fourth-order valence-electron chi connectivity index (χ4n) is 1.51. The summed E-state index contributed by atoms with van der Waals surface area (Å²) in [5.74, 6) is 0.934. The molecular formula is C12H15NO4. The molecule has 2 N–H and O–H groups in total. The minimum Gasteiger partial charge on any atom is -0.485 e. The number of rotatable bonds is 3. The van der Waals surface area contributed by atoms with Gasteiger partial charge in [-0.15, -0.1) is 0 Å². The third kappa shape index (κ3) is 2.88. The Kier molecular flexibility index (Phi) is 3.49. The van der Waals surface area contributed by atoms with Gasteiger partial charge in [0, 0.05) is 6.54 Å². The average Bonchev–Trinajstić information content (AvgIpc) is 2.35. The molecule has 1 aromatic rings. The van der Waals surface area contributed by atoms with Crippen LogP contribution in [0.1, 0.15) is 6.92 Å². The number of ether oxygens (including phenoxy) is 2. The van der Waals surface area contributed by atoms with E-state index in [1.54, 1.807) is 19.1 Å². The number of nitrogens with one attached hydrogen (secondary N) is 1. The van der Waals surface area contributed by atoms with Gasteiger partial charge in [0.2, 0.25) is 6.10 Å². The van der Waals surface area contributed by atoms with Crippen molar-refractivity contribution in [2.75, 3.05) is 13.2 Å². The Labute approximate surface area is 99.3 Å². The predicted octanol–water partition coefficient (Wildman–Crippen LogP) is 0.323. The Hall–Kier alpha value is -1.75. The largest absolute Gasteiger partial charge is 0.485 e. The standard InChI is InChI=1S/C12H15NO4/c1-8(14)6-13-12(15)11-7-16-9-4-2-3-5-10(9)17-11/h2-5,8,11,14H,6-7H2,1H3,(H,13,15). The number of hydrogen-bond acceptors (Lipinski definition) is 4. The molecule has 1 aromatic carbocycles. The van der Waals surface area contributed by atoms with E-state index in [0.717, 1.165) is 0 Å². The van der Waals surface area contributed by atoms with E-state index in [2.05, 4.69) is 5.32 Å². The summed E-state index contributed by atoms with van der Waals surface area (Å²) in [7, 11) is 0. The minimum atomic E-state index is -0.663. The SMILES string of the molecule is CC(O)CNC(=O)C1COc2ccccc2O1. The molecule has 0 bridgehead atoms. The van der Waals surface area contributed by atoms with Gasteiger partial charge in [-0.25, -0.2) is 0 Å². The zero-order valence-corrected chi connectivity index (χ0v) is 9.55. The molecule has 2 unspecified atom stereocenters. The first-order valence-corrected chi connectivity index (χ1v) is 5.51. The maximum atomic E-state index is 11.7. The first kappa shape index (κ1) is 11.7. The highest BCUT2D eigenvalue weighted by Gasteiger charge is 2.26. The normalized spacial score (nSPS) is 19.5.